The molecule has 7 aromatic carbocycles. The lowest BCUT2D eigenvalue weighted by molar-refractivity contribution is 0.624. The van der Waals surface area contributed by atoms with Crippen LogP contribution in [-0.4, -0.2) is 15.0 Å². The zero-order valence-corrected chi connectivity index (χ0v) is 37.3. The molecule has 5 heteroatoms. The SMILES string of the molecule is [2H]C([2H])([2H])c1ccc(-c2ccc(-c3ccccc3-c3cc(CCc4ccc(-c5ccccn5)cc4)cc(CCc4ccc(-c5ccccn5)cc4)c3)c(-c3ccc(-c4ccc(C#N)c(F)c4)cc3)c2)nc1. The number of pyridine rings is 3. The van der Waals surface area contributed by atoms with Crippen LogP contribution in [0.4, 0.5) is 4.39 Å². The maximum atomic E-state index is 14.8. The van der Waals surface area contributed by atoms with Gasteiger partial charge in [0, 0.05) is 39.4 Å². The van der Waals surface area contributed by atoms with Crippen molar-refractivity contribution in [2.75, 3.05) is 0 Å². The summed E-state index contributed by atoms with van der Waals surface area (Å²) in [4.78, 5) is 13.7. The van der Waals surface area contributed by atoms with E-state index < -0.39 is 12.7 Å². The Bertz CT molecular complexity index is 3390. The van der Waals surface area contributed by atoms with E-state index in [9.17, 15) is 9.65 Å². The number of aryl methyl sites for hydroxylation is 5. The smallest absolute Gasteiger partial charge is 0.141 e. The van der Waals surface area contributed by atoms with Crippen molar-refractivity contribution >= 4 is 0 Å². The Hall–Kier alpha value is -8.59. The molecular formula is C63H47FN4. The number of rotatable bonds is 13. The van der Waals surface area contributed by atoms with Crippen LogP contribution in [0, 0.1) is 24.0 Å². The molecule has 0 amide bonds. The Morgan fingerprint density at radius 2 is 0.941 bits per heavy atom. The summed E-state index contributed by atoms with van der Waals surface area (Å²) in [6.07, 6.45) is 8.53. The van der Waals surface area contributed by atoms with Gasteiger partial charge < -0.3 is 0 Å². The van der Waals surface area contributed by atoms with Crippen LogP contribution in [0.25, 0.3) is 78.3 Å². The van der Waals surface area contributed by atoms with Crippen molar-refractivity contribution in [2.24, 2.45) is 0 Å². The van der Waals surface area contributed by atoms with Gasteiger partial charge in [-0.2, -0.15) is 5.26 Å². The van der Waals surface area contributed by atoms with Crippen molar-refractivity contribution in [3.05, 3.63) is 258 Å². The predicted molar refractivity (Wildman–Crippen MR) is 275 cm³/mol. The average molecular weight is 882 g/mol. The lowest BCUT2D eigenvalue weighted by Gasteiger charge is -2.18. The van der Waals surface area contributed by atoms with Crippen molar-refractivity contribution in [3.63, 3.8) is 0 Å². The highest BCUT2D eigenvalue weighted by Gasteiger charge is 2.17. The molecule has 0 radical (unpaired) electrons. The number of hydrogen-bond donors (Lipinski definition) is 0. The van der Waals surface area contributed by atoms with Gasteiger partial charge in [0.25, 0.3) is 0 Å². The fourth-order valence-electron chi connectivity index (χ4n) is 8.87. The monoisotopic (exact) mass is 881 g/mol. The van der Waals surface area contributed by atoms with E-state index in [1.165, 1.54) is 40.6 Å². The second kappa shape index (κ2) is 19.9. The van der Waals surface area contributed by atoms with Gasteiger partial charge in [0.05, 0.1) is 22.6 Å². The van der Waals surface area contributed by atoms with Crippen LogP contribution in [0.15, 0.2) is 219 Å². The third-order valence-corrected chi connectivity index (χ3v) is 12.5. The first-order valence-corrected chi connectivity index (χ1v) is 22.8. The summed E-state index contributed by atoms with van der Waals surface area (Å²) in [5.74, 6) is -0.560. The summed E-state index contributed by atoms with van der Waals surface area (Å²) in [5.41, 5.74) is 18.4. The molecule has 0 unspecified atom stereocenters. The van der Waals surface area contributed by atoms with E-state index in [1.807, 2.05) is 85.2 Å². The van der Waals surface area contributed by atoms with Gasteiger partial charge in [-0.15, -0.1) is 0 Å². The maximum absolute atomic E-state index is 14.8. The minimum Gasteiger partial charge on any atom is -0.256 e. The summed E-state index contributed by atoms with van der Waals surface area (Å²) < 4.78 is 38.4. The third kappa shape index (κ3) is 9.82. The first kappa shape index (κ1) is 39.7. The van der Waals surface area contributed by atoms with Gasteiger partial charge in [0.2, 0.25) is 0 Å². The van der Waals surface area contributed by atoms with Crippen molar-refractivity contribution in [3.8, 4) is 84.3 Å². The molecule has 0 spiro atoms. The Kier molecular flexibility index (Phi) is 11.6. The fraction of sp³-hybridized carbons (Fsp3) is 0.0794. The van der Waals surface area contributed by atoms with Gasteiger partial charge in [-0.3, -0.25) is 15.0 Å². The van der Waals surface area contributed by atoms with Crippen LogP contribution in [0.1, 0.15) is 37.5 Å². The van der Waals surface area contributed by atoms with Crippen molar-refractivity contribution in [2.45, 2.75) is 32.5 Å². The van der Waals surface area contributed by atoms with E-state index in [2.05, 4.69) is 118 Å². The molecule has 0 bridgehead atoms. The summed E-state index contributed by atoms with van der Waals surface area (Å²) in [6, 6.07) is 69.2. The second-order valence-electron chi connectivity index (χ2n) is 17.0. The van der Waals surface area contributed by atoms with Gasteiger partial charge in [0.15, 0.2) is 0 Å². The summed E-state index contributed by atoms with van der Waals surface area (Å²) in [7, 11) is 0. The zero-order valence-electron chi connectivity index (χ0n) is 40.3. The average Bonchev–Trinajstić information content (AvgIpc) is 3.42. The van der Waals surface area contributed by atoms with E-state index in [1.54, 1.807) is 18.2 Å². The van der Waals surface area contributed by atoms with Crippen LogP contribution in [0.3, 0.4) is 0 Å². The van der Waals surface area contributed by atoms with Crippen molar-refractivity contribution in [1.82, 2.24) is 15.0 Å². The Morgan fingerprint density at radius 1 is 0.412 bits per heavy atom. The van der Waals surface area contributed by atoms with Gasteiger partial charge in [0.1, 0.15) is 11.9 Å². The van der Waals surface area contributed by atoms with Crippen LogP contribution in [-0.2, 0) is 25.7 Å². The lowest BCUT2D eigenvalue weighted by Crippen LogP contribution is -1.98. The van der Waals surface area contributed by atoms with Gasteiger partial charge in [-0.1, -0.05) is 152 Å². The number of nitriles is 1. The van der Waals surface area contributed by atoms with Crippen molar-refractivity contribution < 1.29 is 8.50 Å². The molecule has 4 nitrogen and oxygen atoms in total. The number of aromatic nitrogens is 3. The molecule has 68 heavy (non-hydrogen) atoms. The van der Waals surface area contributed by atoms with E-state index in [0.717, 1.165) is 92.7 Å². The van der Waals surface area contributed by atoms with Gasteiger partial charge >= 0.3 is 0 Å². The molecule has 0 aliphatic heterocycles. The van der Waals surface area contributed by atoms with Crippen LogP contribution < -0.4 is 0 Å². The highest BCUT2D eigenvalue weighted by atomic mass is 19.1. The summed E-state index contributed by atoms with van der Waals surface area (Å²) >= 11 is 0. The Balaban J connectivity index is 1.03. The summed E-state index contributed by atoms with van der Waals surface area (Å²) in [5, 5.41) is 9.32. The predicted octanol–water partition coefficient (Wildman–Crippen LogP) is 15.4. The molecule has 0 atom stereocenters. The van der Waals surface area contributed by atoms with Crippen molar-refractivity contribution in [1.29, 1.82) is 5.26 Å². The third-order valence-electron chi connectivity index (χ3n) is 12.5. The summed E-state index contributed by atoms with van der Waals surface area (Å²) in [6.45, 7) is -2.26. The molecule has 0 N–H and O–H groups in total. The number of hydrogen-bond acceptors (Lipinski definition) is 4. The normalized spacial score (nSPS) is 11.9. The molecule has 10 rings (SSSR count). The molecule has 3 heterocycles. The first-order valence-electron chi connectivity index (χ1n) is 24.3. The van der Waals surface area contributed by atoms with Crippen LogP contribution in [0.5, 0.6) is 0 Å². The highest BCUT2D eigenvalue weighted by Crippen LogP contribution is 2.41. The molecular weight excluding hydrogens is 832 g/mol. The van der Waals surface area contributed by atoms with E-state index >= 15 is 0 Å². The molecule has 0 aliphatic carbocycles. The van der Waals surface area contributed by atoms with Gasteiger partial charge in [-0.05, 0) is 153 Å². The number of nitrogens with zero attached hydrogens (tertiary/aromatic N) is 4. The lowest BCUT2D eigenvalue weighted by atomic mass is 9.86. The molecule has 10 aromatic rings. The van der Waals surface area contributed by atoms with E-state index in [-0.39, 0.29) is 11.1 Å². The maximum Gasteiger partial charge on any atom is 0.141 e. The molecule has 0 aliphatic rings. The first-order chi connectivity index (χ1) is 34.6. The molecule has 3 aromatic heterocycles. The standard InChI is InChI=1S/C63H47FN4/c1-43-12-33-63(68-42-43)53-31-32-58(59(39-53)49-27-25-48(26-28-49)52-29-30-54(41-65)60(64)40-52)57-9-3-2-8-56(57)55-37-46(15-13-44-17-21-50(22-18-44)61-10-4-6-34-66-61)36-47(38-55)16-14-45-19-23-51(24-20-45)62-11-5-7-35-67-62/h2-12,17-40,42H,13-16H2,1H3/i1D3. The molecule has 0 saturated heterocycles. The highest BCUT2D eigenvalue weighted by molar-refractivity contribution is 5.94. The topological polar surface area (TPSA) is 62.5 Å². The fourth-order valence-corrected chi connectivity index (χ4v) is 8.87. The van der Waals surface area contributed by atoms with Crippen LogP contribution in [0.2, 0.25) is 0 Å². The Morgan fingerprint density at radius 3 is 1.50 bits per heavy atom. The molecule has 0 fully saturated rings. The zero-order chi connectivity index (χ0) is 48.7. The number of halogens is 1. The van der Waals surface area contributed by atoms with Gasteiger partial charge in [-0.25, -0.2) is 4.39 Å². The van der Waals surface area contributed by atoms with E-state index in [4.69, 9.17) is 4.11 Å². The quantitative estimate of drug-likeness (QED) is 0.116. The minimum absolute atomic E-state index is 0.00206. The van der Waals surface area contributed by atoms with Crippen LogP contribution >= 0.6 is 0 Å². The number of benzene rings is 7. The molecule has 326 valence electrons. The second-order valence-corrected chi connectivity index (χ2v) is 17.0. The Labute approximate surface area is 402 Å². The minimum atomic E-state index is -2.26. The van der Waals surface area contributed by atoms with E-state index in [0.29, 0.717) is 11.3 Å². The molecule has 0 saturated carbocycles. The largest absolute Gasteiger partial charge is 0.256 e.